The standard InChI is InChI=1S/C21H31N3O4/c25-20-13-16(15-24(20)17-5-2-1-3-6-17)21(26)22-14-18(19-7-4-10-28-19)23-8-11-27-12-9-23/h4,7,10,16-18H,1-3,5-6,8-9,11-15H2,(H,22,26). The van der Waals surface area contributed by atoms with E-state index in [9.17, 15) is 9.59 Å². The molecule has 3 heterocycles. The lowest BCUT2D eigenvalue weighted by Crippen LogP contribution is -2.45. The largest absolute Gasteiger partial charge is 0.468 e. The quantitative estimate of drug-likeness (QED) is 0.805. The SMILES string of the molecule is O=C(NCC(c1ccco1)N1CCOCC1)C1CC(=O)N(C2CCCCC2)C1. The molecule has 28 heavy (non-hydrogen) atoms. The number of hydrogen-bond donors (Lipinski definition) is 1. The maximum Gasteiger partial charge on any atom is 0.225 e. The number of amides is 2. The number of carbonyl (C=O) groups excluding carboxylic acids is 2. The minimum atomic E-state index is -0.239. The van der Waals surface area contributed by atoms with Gasteiger partial charge in [-0.15, -0.1) is 0 Å². The van der Waals surface area contributed by atoms with E-state index >= 15 is 0 Å². The Hall–Kier alpha value is -1.86. The fourth-order valence-electron chi connectivity index (χ4n) is 4.77. The molecule has 4 rings (SSSR count). The van der Waals surface area contributed by atoms with Crippen LogP contribution in [0.3, 0.4) is 0 Å². The third kappa shape index (κ3) is 4.41. The van der Waals surface area contributed by atoms with Crippen LogP contribution in [0.1, 0.15) is 50.3 Å². The van der Waals surface area contributed by atoms with Gasteiger partial charge in [0.2, 0.25) is 11.8 Å². The second-order valence-electron chi connectivity index (χ2n) is 8.16. The molecule has 1 aromatic rings. The van der Waals surface area contributed by atoms with E-state index < -0.39 is 0 Å². The van der Waals surface area contributed by atoms with Crippen LogP contribution in [-0.2, 0) is 14.3 Å². The van der Waals surface area contributed by atoms with Crippen molar-refractivity contribution in [1.29, 1.82) is 0 Å². The molecule has 3 fully saturated rings. The number of rotatable bonds is 6. The lowest BCUT2D eigenvalue weighted by atomic mass is 9.94. The first-order valence-corrected chi connectivity index (χ1v) is 10.6. The molecule has 2 amide bonds. The molecule has 3 aliphatic rings. The minimum absolute atomic E-state index is 0.00518. The van der Waals surface area contributed by atoms with Crippen molar-refractivity contribution in [3.63, 3.8) is 0 Å². The normalized spacial score (nSPS) is 25.8. The molecule has 2 saturated heterocycles. The van der Waals surface area contributed by atoms with Crippen LogP contribution >= 0.6 is 0 Å². The van der Waals surface area contributed by atoms with Crippen molar-refractivity contribution in [1.82, 2.24) is 15.1 Å². The summed E-state index contributed by atoms with van der Waals surface area (Å²) >= 11 is 0. The first-order valence-electron chi connectivity index (χ1n) is 10.6. The third-order valence-electron chi connectivity index (χ3n) is 6.37. The maximum atomic E-state index is 12.8. The average Bonchev–Trinajstić information content (AvgIpc) is 3.40. The van der Waals surface area contributed by atoms with Gasteiger partial charge in [-0.25, -0.2) is 0 Å². The molecular weight excluding hydrogens is 358 g/mol. The third-order valence-corrected chi connectivity index (χ3v) is 6.37. The van der Waals surface area contributed by atoms with Gasteiger partial charge in [-0.1, -0.05) is 19.3 Å². The number of hydrogen-bond acceptors (Lipinski definition) is 5. The van der Waals surface area contributed by atoms with E-state index in [-0.39, 0.29) is 23.8 Å². The van der Waals surface area contributed by atoms with Crippen LogP contribution in [0.4, 0.5) is 0 Å². The smallest absolute Gasteiger partial charge is 0.225 e. The number of furan rings is 1. The van der Waals surface area contributed by atoms with Gasteiger partial charge < -0.3 is 19.4 Å². The molecule has 0 bridgehead atoms. The highest BCUT2D eigenvalue weighted by molar-refractivity contribution is 5.89. The van der Waals surface area contributed by atoms with E-state index in [4.69, 9.17) is 9.15 Å². The highest BCUT2D eigenvalue weighted by Gasteiger charge is 2.38. The Kier molecular flexibility index (Phi) is 6.32. The van der Waals surface area contributed by atoms with Crippen LogP contribution in [0.2, 0.25) is 0 Å². The van der Waals surface area contributed by atoms with Gasteiger partial charge in [0, 0.05) is 38.6 Å². The molecule has 2 atom stereocenters. The molecule has 154 valence electrons. The molecule has 7 nitrogen and oxygen atoms in total. The Morgan fingerprint density at radius 2 is 2.00 bits per heavy atom. The highest BCUT2D eigenvalue weighted by atomic mass is 16.5. The van der Waals surface area contributed by atoms with Crippen LogP contribution < -0.4 is 5.32 Å². The summed E-state index contributed by atoms with van der Waals surface area (Å²) in [6.45, 7) is 4.08. The summed E-state index contributed by atoms with van der Waals surface area (Å²) in [5.74, 6) is 0.740. The van der Waals surface area contributed by atoms with Gasteiger partial charge in [-0.3, -0.25) is 14.5 Å². The van der Waals surface area contributed by atoms with Crippen LogP contribution in [0.25, 0.3) is 0 Å². The van der Waals surface area contributed by atoms with Crippen LogP contribution in [0.5, 0.6) is 0 Å². The van der Waals surface area contributed by atoms with E-state index in [2.05, 4.69) is 10.2 Å². The predicted molar refractivity (Wildman–Crippen MR) is 104 cm³/mol. The molecule has 0 aromatic carbocycles. The van der Waals surface area contributed by atoms with Gasteiger partial charge in [0.05, 0.1) is 31.4 Å². The lowest BCUT2D eigenvalue weighted by molar-refractivity contribution is -0.130. The van der Waals surface area contributed by atoms with Crippen LogP contribution in [0.15, 0.2) is 22.8 Å². The molecule has 1 saturated carbocycles. The molecule has 7 heteroatoms. The van der Waals surface area contributed by atoms with Crippen molar-refractivity contribution in [2.45, 2.75) is 50.6 Å². The summed E-state index contributed by atoms with van der Waals surface area (Å²) in [6.07, 6.45) is 7.81. The molecule has 2 unspecified atom stereocenters. The zero-order valence-corrected chi connectivity index (χ0v) is 16.5. The van der Waals surface area contributed by atoms with E-state index in [1.807, 2.05) is 17.0 Å². The first kappa shape index (κ1) is 19.5. The van der Waals surface area contributed by atoms with Crippen molar-refractivity contribution < 1.29 is 18.7 Å². The van der Waals surface area contributed by atoms with Crippen molar-refractivity contribution in [2.24, 2.45) is 5.92 Å². The Morgan fingerprint density at radius 1 is 1.21 bits per heavy atom. The van der Waals surface area contributed by atoms with Gasteiger partial charge in [-0.05, 0) is 25.0 Å². The van der Waals surface area contributed by atoms with Gasteiger partial charge >= 0.3 is 0 Å². The average molecular weight is 389 g/mol. The summed E-state index contributed by atoms with van der Waals surface area (Å²) in [4.78, 5) is 29.5. The second-order valence-corrected chi connectivity index (χ2v) is 8.16. The summed E-state index contributed by atoms with van der Waals surface area (Å²) < 4.78 is 11.1. The predicted octanol–water partition coefficient (Wildman–Crippen LogP) is 1.95. The molecule has 1 N–H and O–H groups in total. The second kappa shape index (κ2) is 9.09. The van der Waals surface area contributed by atoms with E-state index in [1.165, 1.54) is 19.3 Å². The summed E-state index contributed by atoms with van der Waals surface area (Å²) in [6, 6.07) is 4.16. The van der Waals surface area contributed by atoms with Crippen molar-refractivity contribution in [3.8, 4) is 0 Å². The van der Waals surface area contributed by atoms with Gasteiger partial charge in [0.15, 0.2) is 0 Å². The molecular formula is C21H31N3O4. The van der Waals surface area contributed by atoms with Crippen molar-refractivity contribution in [2.75, 3.05) is 39.4 Å². The molecule has 1 aromatic heterocycles. The Labute approximate surface area is 166 Å². The summed E-state index contributed by atoms with van der Waals surface area (Å²) in [5.41, 5.74) is 0. The van der Waals surface area contributed by atoms with Crippen molar-refractivity contribution in [3.05, 3.63) is 24.2 Å². The summed E-state index contributed by atoms with van der Waals surface area (Å²) in [7, 11) is 0. The van der Waals surface area contributed by atoms with Gasteiger partial charge in [0.25, 0.3) is 0 Å². The Morgan fingerprint density at radius 3 is 2.71 bits per heavy atom. The monoisotopic (exact) mass is 389 g/mol. The molecule has 0 spiro atoms. The minimum Gasteiger partial charge on any atom is -0.468 e. The summed E-state index contributed by atoms with van der Waals surface area (Å²) in [5, 5.41) is 3.09. The number of nitrogens with zero attached hydrogens (tertiary/aromatic N) is 2. The topological polar surface area (TPSA) is 75.0 Å². The number of carbonyl (C=O) groups is 2. The van der Waals surface area contributed by atoms with Crippen LogP contribution in [0, 0.1) is 5.92 Å². The first-order chi connectivity index (χ1) is 13.7. The fraction of sp³-hybridized carbons (Fsp3) is 0.714. The van der Waals surface area contributed by atoms with E-state index in [0.29, 0.717) is 38.8 Å². The van der Waals surface area contributed by atoms with E-state index in [1.54, 1.807) is 6.26 Å². The molecule has 0 radical (unpaired) electrons. The molecule has 1 aliphatic carbocycles. The van der Waals surface area contributed by atoms with Gasteiger partial charge in [-0.2, -0.15) is 0 Å². The van der Waals surface area contributed by atoms with Crippen molar-refractivity contribution >= 4 is 11.8 Å². The van der Waals surface area contributed by atoms with Gasteiger partial charge in [0.1, 0.15) is 5.76 Å². The molecule has 2 aliphatic heterocycles. The highest BCUT2D eigenvalue weighted by Crippen LogP contribution is 2.29. The fourth-order valence-corrected chi connectivity index (χ4v) is 4.77. The lowest BCUT2D eigenvalue weighted by Gasteiger charge is -2.33. The Balaban J connectivity index is 1.34. The maximum absolute atomic E-state index is 12.8. The zero-order chi connectivity index (χ0) is 19.3. The zero-order valence-electron chi connectivity index (χ0n) is 16.5. The van der Waals surface area contributed by atoms with E-state index in [0.717, 1.165) is 31.7 Å². The Bertz CT molecular complexity index is 651. The van der Waals surface area contributed by atoms with Crippen LogP contribution in [-0.4, -0.2) is 67.0 Å². The number of morpholine rings is 1. The number of ether oxygens (including phenoxy) is 1. The number of nitrogens with one attached hydrogen (secondary N) is 1. The number of likely N-dealkylation sites (tertiary alicyclic amines) is 1.